The Morgan fingerprint density at radius 1 is 1.12 bits per heavy atom. The van der Waals surface area contributed by atoms with Crippen LogP contribution < -0.4 is 16.2 Å². The number of hydrogen-bond acceptors (Lipinski definition) is 3. The molecule has 0 aliphatic carbocycles. The topological polar surface area (TPSA) is 69.0 Å². The lowest BCUT2D eigenvalue weighted by Gasteiger charge is -2.11. The van der Waals surface area contributed by atoms with Gasteiger partial charge in [0.2, 0.25) is 5.91 Å². The first kappa shape index (κ1) is 16.8. The molecule has 4 N–H and O–H groups in total. The first-order valence-electron chi connectivity index (χ1n) is 9.03. The van der Waals surface area contributed by atoms with Gasteiger partial charge in [-0.25, -0.2) is 10.9 Å². The molecule has 4 rings (SSSR count). The van der Waals surface area contributed by atoms with Crippen LogP contribution in [0.5, 0.6) is 0 Å². The number of nitrogens with one attached hydrogen (secondary N) is 4. The molecule has 1 fully saturated rings. The summed E-state index contributed by atoms with van der Waals surface area (Å²) in [5, 5.41) is 4.27. The van der Waals surface area contributed by atoms with Crippen LogP contribution in [0.4, 0.5) is 0 Å². The molecule has 5 heteroatoms. The second-order valence-electron chi connectivity index (χ2n) is 7.01. The van der Waals surface area contributed by atoms with Gasteiger partial charge in [-0.2, -0.15) is 0 Å². The lowest BCUT2D eigenvalue weighted by molar-refractivity contribution is -0.123. The van der Waals surface area contributed by atoms with Gasteiger partial charge in [0.25, 0.3) is 0 Å². The highest BCUT2D eigenvalue weighted by Gasteiger charge is 2.29. The van der Waals surface area contributed by atoms with Gasteiger partial charge < -0.3 is 10.3 Å². The molecule has 0 spiro atoms. The van der Waals surface area contributed by atoms with Gasteiger partial charge in [-0.15, -0.1) is 0 Å². The Kier molecular flexibility index (Phi) is 4.49. The lowest BCUT2D eigenvalue weighted by Crippen LogP contribution is -2.42. The number of carbonyl (C=O) groups excluding carboxylic acids is 1. The van der Waals surface area contributed by atoms with Crippen LogP contribution in [-0.2, 0) is 11.3 Å². The predicted molar refractivity (Wildman–Crippen MR) is 103 cm³/mol. The standard InChI is InChI=1S/C21H24N4O/c1-13-14(2)23-18-9-8-15(10-17(13)18)12-22-21(26)20-11-19(24-25-20)16-6-4-3-5-7-16/h3-10,19-20,23-25H,11-12H2,1-2H3,(H,22,26). The number of aromatic amines is 1. The predicted octanol–water partition coefficient (Wildman–Crippen LogP) is 3.01. The maximum atomic E-state index is 12.5. The van der Waals surface area contributed by atoms with Crippen molar-refractivity contribution in [1.82, 2.24) is 21.2 Å². The molecule has 0 radical (unpaired) electrons. The number of fused-ring (bicyclic) bond motifs is 1. The molecule has 1 aromatic heterocycles. The Morgan fingerprint density at radius 3 is 2.73 bits per heavy atom. The van der Waals surface area contributed by atoms with Crippen molar-refractivity contribution >= 4 is 16.8 Å². The van der Waals surface area contributed by atoms with Crippen molar-refractivity contribution in [3.63, 3.8) is 0 Å². The van der Waals surface area contributed by atoms with E-state index in [1.54, 1.807) is 0 Å². The molecule has 1 aliphatic heterocycles. The highest BCUT2D eigenvalue weighted by Crippen LogP contribution is 2.23. The number of benzene rings is 2. The number of aromatic nitrogens is 1. The monoisotopic (exact) mass is 348 g/mol. The summed E-state index contributed by atoms with van der Waals surface area (Å²) in [5.41, 5.74) is 12.2. The van der Waals surface area contributed by atoms with E-state index in [1.165, 1.54) is 22.2 Å². The SMILES string of the molecule is Cc1[nH]c2ccc(CNC(=O)C3CC(c4ccccc4)NN3)cc2c1C. The molecule has 26 heavy (non-hydrogen) atoms. The normalized spacial score (nSPS) is 19.8. The fraction of sp³-hybridized carbons (Fsp3) is 0.286. The maximum Gasteiger partial charge on any atom is 0.238 e. The fourth-order valence-corrected chi connectivity index (χ4v) is 3.56. The minimum absolute atomic E-state index is 0.0259. The van der Waals surface area contributed by atoms with Gasteiger partial charge >= 0.3 is 0 Å². The summed E-state index contributed by atoms with van der Waals surface area (Å²) in [6.45, 7) is 4.74. The molecule has 2 heterocycles. The molecule has 2 atom stereocenters. The van der Waals surface area contributed by atoms with Crippen LogP contribution in [0, 0.1) is 13.8 Å². The highest BCUT2D eigenvalue weighted by atomic mass is 16.2. The molecular weight excluding hydrogens is 324 g/mol. The van der Waals surface area contributed by atoms with E-state index in [0.717, 1.165) is 17.5 Å². The number of aryl methyl sites for hydroxylation is 2. The summed E-state index contributed by atoms with van der Waals surface area (Å²) in [6, 6.07) is 16.4. The van der Waals surface area contributed by atoms with Crippen LogP contribution in [0.25, 0.3) is 10.9 Å². The summed E-state index contributed by atoms with van der Waals surface area (Å²) in [6.07, 6.45) is 0.741. The van der Waals surface area contributed by atoms with Gasteiger partial charge in [0, 0.05) is 29.2 Å². The molecule has 134 valence electrons. The summed E-state index contributed by atoms with van der Waals surface area (Å²) in [7, 11) is 0. The quantitative estimate of drug-likeness (QED) is 0.586. The van der Waals surface area contributed by atoms with Crippen molar-refractivity contribution in [2.45, 2.75) is 38.9 Å². The van der Waals surface area contributed by atoms with Crippen LogP contribution in [0.2, 0.25) is 0 Å². The van der Waals surface area contributed by atoms with E-state index in [9.17, 15) is 4.79 Å². The first-order valence-corrected chi connectivity index (χ1v) is 9.03. The van der Waals surface area contributed by atoms with Gasteiger partial charge in [-0.05, 0) is 49.1 Å². The first-order chi connectivity index (χ1) is 12.6. The van der Waals surface area contributed by atoms with E-state index in [-0.39, 0.29) is 18.0 Å². The zero-order chi connectivity index (χ0) is 18.1. The third kappa shape index (κ3) is 3.23. The lowest BCUT2D eigenvalue weighted by atomic mass is 10.0. The molecule has 1 saturated heterocycles. The zero-order valence-corrected chi connectivity index (χ0v) is 15.1. The molecule has 2 unspecified atom stereocenters. The molecule has 1 amide bonds. The molecule has 0 saturated carbocycles. The third-order valence-corrected chi connectivity index (χ3v) is 5.26. The van der Waals surface area contributed by atoms with Gasteiger partial charge in [-0.3, -0.25) is 4.79 Å². The second kappa shape index (κ2) is 6.94. The average molecular weight is 348 g/mol. The number of hydrogen-bond donors (Lipinski definition) is 4. The number of hydrazine groups is 1. The van der Waals surface area contributed by atoms with Crippen molar-refractivity contribution in [1.29, 1.82) is 0 Å². The number of carbonyl (C=O) groups is 1. The van der Waals surface area contributed by atoms with Gasteiger partial charge in [0.05, 0.1) is 0 Å². The van der Waals surface area contributed by atoms with Gasteiger partial charge in [0.15, 0.2) is 0 Å². The number of rotatable bonds is 4. The minimum Gasteiger partial charge on any atom is -0.358 e. The van der Waals surface area contributed by atoms with Crippen LogP contribution in [-0.4, -0.2) is 16.9 Å². The van der Waals surface area contributed by atoms with Gasteiger partial charge in [-0.1, -0.05) is 36.4 Å². The van der Waals surface area contributed by atoms with E-state index in [4.69, 9.17) is 0 Å². The van der Waals surface area contributed by atoms with E-state index >= 15 is 0 Å². The summed E-state index contributed by atoms with van der Waals surface area (Å²) < 4.78 is 0. The van der Waals surface area contributed by atoms with Crippen LogP contribution in [0.15, 0.2) is 48.5 Å². The highest BCUT2D eigenvalue weighted by molar-refractivity contribution is 5.85. The van der Waals surface area contributed by atoms with Crippen molar-refractivity contribution < 1.29 is 4.79 Å². The number of amides is 1. The second-order valence-corrected chi connectivity index (χ2v) is 7.01. The Bertz CT molecular complexity index is 932. The Labute approximate surface area is 153 Å². The smallest absolute Gasteiger partial charge is 0.238 e. The van der Waals surface area contributed by atoms with Crippen LogP contribution in [0.3, 0.4) is 0 Å². The Balaban J connectivity index is 1.38. The van der Waals surface area contributed by atoms with Crippen LogP contribution >= 0.6 is 0 Å². The fourth-order valence-electron chi connectivity index (χ4n) is 3.56. The summed E-state index contributed by atoms with van der Waals surface area (Å²) >= 11 is 0. The van der Waals surface area contributed by atoms with E-state index in [0.29, 0.717) is 6.54 Å². The Hall–Kier alpha value is -2.63. The van der Waals surface area contributed by atoms with E-state index < -0.39 is 0 Å². The van der Waals surface area contributed by atoms with Crippen molar-refractivity contribution in [2.24, 2.45) is 0 Å². The summed E-state index contributed by atoms with van der Waals surface area (Å²) in [4.78, 5) is 15.9. The zero-order valence-electron chi connectivity index (χ0n) is 15.1. The molecule has 5 nitrogen and oxygen atoms in total. The molecular formula is C21H24N4O. The van der Waals surface area contributed by atoms with Crippen molar-refractivity contribution in [2.75, 3.05) is 0 Å². The third-order valence-electron chi connectivity index (χ3n) is 5.26. The molecule has 0 bridgehead atoms. The molecule has 3 aromatic rings. The number of H-pyrrole nitrogens is 1. The average Bonchev–Trinajstić information content (AvgIpc) is 3.27. The van der Waals surface area contributed by atoms with Crippen molar-refractivity contribution in [3.05, 3.63) is 70.9 Å². The largest absolute Gasteiger partial charge is 0.358 e. The van der Waals surface area contributed by atoms with Crippen LogP contribution in [0.1, 0.15) is 34.8 Å². The molecule has 2 aromatic carbocycles. The minimum atomic E-state index is -0.222. The maximum absolute atomic E-state index is 12.5. The Morgan fingerprint density at radius 2 is 1.92 bits per heavy atom. The van der Waals surface area contributed by atoms with Gasteiger partial charge in [0.1, 0.15) is 6.04 Å². The van der Waals surface area contributed by atoms with Crippen molar-refractivity contribution in [3.8, 4) is 0 Å². The van der Waals surface area contributed by atoms with E-state index in [1.807, 2.05) is 18.2 Å². The molecule has 1 aliphatic rings. The van der Waals surface area contributed by atoms with E-state index in [2.05, 4.69) is 65.3 Å². The summed E-state index contributed by atoms with van der Waals surface area (Å²) in [5.74, 6) is 0.0259.